The van der Waals surface area contributed by atoms with Gasteiger partial charge in [-0.2, -0.15) is 0 Å². The van der Waals surface area contributed by atoms with E-state index in [1.807, 2.05) is 52.8 Å². The molecule has 2 unspecified atom stereocenters. The molecule has 0 amide bonds. The van der Waals surface area contributed by atoms with Gasteiger partial charge in [0.1, 0.15) is 5.60 Å². The van der Waals surface area contributed by atoms with Crippen molar-refractivity contribution in [1.82, 2.24) is 0 Å². The van der Waals surface area contributed by atoms with Crippen LogP contribution in [-0.4, -0.2) is 5.97 Å². The molecule has 0 fully saturated rings. The summed E-state index contributed by atoms with van der Waals surface area (Å²) in [6.45, 7) is 14.4. The van der Waals surface area contributed by atoms with Crippen molar-refractivity contribution in [2.24, 2.45) is 11.3 Å². The lowest BCUT2D eigenvalue weighted by Crippen LogP contribution is -2.33. The van der Waals surface area contributed by atoms with E-state index in [4.69, 9.17) is 4.74 Å². The summed E-state index contributed by atoms with van der Waals surface area (Å²) in [5.74, 6) is 1.46. The molecule has 0 heterocycles. The zero-order chi connectivity index (χ0) is 23.5. The fourth-order valence-electron chi connectivity index (χ4n) is 4.13. The SMILES string of the molecule is CC1Cc2ccccc2C1C.CCC(C)(C)C(=O)OC(C)(C)c1ccc2ccccc2c1. The molecule has 2 nitrogen and oxygen atoms in total. The van der Waals surface area contributed by atoms with Gasteiger partial charge in [-0.25, -0.2) is 0 Å². The van der Waals surface area contributed by atoms with Gasteiger partial charge < -0.3 is 4.74 Å². The first-order valence-electron chi connectivity index (χ1n) is 11.9. The molecule has 32 heavy (non-hydrogen) atoms. The second kappa shape index (κ2) is 9.48. The summed E-state index contributed by atoms with van der Waals surface area (Å²) in [6, 6.07) is 23.2. The van der Waals surface area contributed by atoms with Crippen LogP contribution in [0, 0.1) is 11.3 Å². The smallest absolute Gasteiger partial charge is 0.312 e. The molecule has 0 aliphatic heterocycles. The minimum atomic E-state index is -0.631. The van der Waals surface area contributed by atoms with E-state index in [0.717, 1.165) is 29.2 Å². The fourth-order valence-corrected chi connectivity index (χ4v) is 4.13. The van der Waals surface area contributed by atoms with Crippen LogP contribution in [0.25, 0.3) is 10.8 Å². The van der Waals surface area contributed by atoms with Gasteiger partial charge in [-0.05, 0) is 85.9 Å². The molecule has 0 N–H and O–H groups in total. The van der Waals surface area contributed by atoms with E-state index in [2.05, 4.69) is 62.4 Å². The first kappa shape index (κ1) is 24.0. The van der Waals surface area contributed by atoms with Gasteiger partial charge in [0.2, 0.25) is 0 Å². The summed E-state index contributed by atoms with van der Waals surface area (Å²) in [5.41, 5.74) is 3.07. The Balaban J connectivity index is 0.000000219. The molecule has 0 aromatic heterocycles. The van der Waals surface area contributed by atoms with Crippen LogP contribution in [0.15, 0.2) is 66.7 Å². The Morgan fingerprint density at radius 1 is 0.906 bits per heavy atom. The van der Waals surface area contributed by atoms with E-state index in [1.54, 1.807) is 11.1 Å². The maximum absolute atomic E-state index is 12.3. The Labute approximate surface area is 194 Å². The third-order valence-corrected chi connectivity index (χ3v) is 7.17. The molecule has 0 saturated carbocycles. The van der Waals surface area contributed by atoms with Crippen molar-refractivity contribution in [3.8, 4) is 0 Å². The van der Waals surface area contributed by atoms with Crippen molar-refractivity contribution in [2.75, 3.05) is 0 Å². The lowest BCUT2D eigenvalue weighted by molar-refractivity contribution is -0.168. The van der Waals surface area contributed by atoms with Gasteiger partial charge in [0.05, 0.1) is 5.41 Å². The molecule has 0 spiro atoms. The van der Waals surface area contributed by atoms with Crippen LogP contribution in [0.5, 0.6) is 0 Å². The van der Waals surface area contributed by atoms with E-state index in [-0.39, 0.29) is 5.97 Å². The normalized spacial score (nSPS) is 18.0. The number of ether oxygens (including phenoxy) is 1. The number of hydrogen-bond acceptors (Lipinski definition) is 2. The van der Waals surface area contributed by atoms with Crippen LogP contribution in [-0.2, 0) is 21.6 Å². The fraction of sp³-hybridized carbons (Fsp3) is 0.433. The van der Waals surface area contributed by atoms with Crippen LogP contribution >= 0.6 is 0 Å². The maximum atomic E-state index is 12.3. The number of esters is 1. The summed E-state index contributed by atoms with van der Waals surface area (Å²) >= 11 is 0. The molecule has 4 rings (SSSR count). The number of hydrogen-bond donors (Lipinski definition) is 0. The summed E-state index contributed by atoms with van der Waals surface area (Å²) in [5, 5.41) is 2.35. The Kier molecular flexibility index (Phi) is 7.12. The van der Waals surface area contributed by atoms with E-state index in [1.165, 1.54) is 11.8 Å². The highest BCUT2D eigenvalue weighted by Gasteiger charge is 2.33. The summed E-state index contributed by atoms with van der Waals surface area (Å²) < 4.78 is 5.79. The minimum absolute atomic E-state index is 0.150. The largest absolute Gasteiger partial charge is 0.454 e. The summed E-state index contributed by atoms with van der Waals surface area (Å²) in [4.78, 5) is 12.3. The van der Waals surface area contributed by atoms with Crippen LogP contribution in [0.4, 0.5) is 0 Å². The molecule has 1 aliphatic carbocycles. The first-order chi connectivity index (χ1) is 15.0. The zero-order valence-corrected chi connectivity index (χ0v) is 20.7. The van der Waals surface area contributed by atoms with E-state index in [0.29, 0.717) is 0 Å². The molecule has 2 atom stereocenters. The molecule has 0 saturated heterocycles. The van der Waals surface area contributed by atoms with Gasteiger partial charge in [0, 0.05) is 0 Å². The Morgan fingerprint density at radius 3 is 2.19 bits per heavy atom. The molecular formula is C30H38O2. The van der Waals surface area contributed by atoms with E-state index >= 15 is 0 Å². The molecule has 1 aliphatic rings. The first-order valence-corrected chi connectivity index (χ1v) is 11.9. The van der Waals surface area contributed by atoms with Crippen molar-refractivity contribution < 1.29 is 9.53 Å². The van der Waals surface area contributed by atoms with Crippen LogP contribution < -0.4 is 0 Å². The average molecular weight is 431 g/mol. The van der Waals surface area contributed by atoms with Crippen LogP contribution in [0.3, 0.4) is 0 Å². The highest BCUT2D eigenvalue weighted by atomic mass is 16.6. The molecule has 2 heteroatoms. The molecule has 0 bridgehead atoms. The van der Waals surface area contributed by atoms with Gasteiger partial charge in [-0.3, -0.25) is 4.79 Å². The van der Waals surface area contributed by atoms with Gasteiger partial charge in [0.25, 0.3) is 0 Å². The number of carbonyl (C=O) groups is 1. The van der Waals surface area contributed by atoms with Gasteiger partial charge >= 0.3 is 5.97 Å². The maximum Gasteiger partial charge on any atom is 0.312 e. The lowest BCUT2D eigenvalue weighted by atomic mass is 9.89. The zero-order valence-electron chi connectivity index (χ0n) is 20.7. The number of fused-ring (bicyclic) bond motifs is 2. The number of benzene rings is 3. The van der Waals surface area contributed by atoms with Gasteiger partial charge in [-0.1, -0.05) is 81.4 Å². The van der Waals surface area contributed by atoms with Crippen molar-refractivity contribution in [3.63, 3.8) is 0 Å². The third-order valence-electron chi connectivity index (χ3n) is 7.17. The minimum Gasteiger partial charge on any atom is -0.454 e. The van der Waals surface area contributed by atoms with Gasteiger partial charge in [0.15, 0.2) is 0 Å². The standard InChI is InChI=1S/C19H24O2.C11H14/c1-6-18(2,3)17(20)21-19(4,5)16-12-11-14-9-7-8-10-15(14)13-16;1-8-7-10-5-3-4-6-11(10)9(8)2/h7-13H,6H2,1-5H3;3-6,8-9H,7H2,1-2H3. The van der Waals surface area contributed by atoms with E-state index < -0.39 is 11.0 Å². The topological polar surface area (TPSA) is 26.3 Å². The van der Waals surface area contributed by atoms with Crippen LogP contribution in [0.2, 0.25) is 0 Å². The third kappa shape index (κ3) is 5.23. The number of carbonyl (C=O) groups excluding carboxylic acids is 1. The Morgan fingerprint density at radius 2 is 1.53 bits per heavy atom. The van der Waals surface area contributed by atoms with Crippen LogP contribution in [0.1, 0.15) is 77.5 Å². The molecular weight excluding hydrogens is 392 g/mol. The van der Waals surface area contributed by atoms with Crippen molar-refractivity contribution in [3.05, 3.63) is 83.4 Å². The molecule has 0 radical (unpaired) electrons. The Hall–Kier alpha value is -2.61. The highest BCUT2D eigenvalue weighted by Crippen LogP contribution is 2.36. The second-order valence-electron chi connectivity index (χ2n) is 10.4. The lowest BCUT2D eigenvalue weighted by Gasteiger charge is -2.31. The average Bonchev–Trinajstić information content (AvgIpc) is 3.07. The van der Waals surface area contributed by atoms with Crippen molar-refractivity contribution in [2.45, 2.75) is 72.8 Å². The Bertz CT molecular complexity index is 1080. The van der Waals surface area contributed by atoms with Crippen molar-refractivity contribution >= 4 is 16.7 Å². The molecule has 170 valence electrons. The second-order valence-corrected chi connectivity index (χ2v) is 10.4. The quantitative estimate of drug-likeness (QED) is 0.391. The van der Waals surface area contributed by atoms with E-state index in [9.17, 15) is 4.79 Å². The predicted molar refractivity (Wildman–Crippen MR) is 135 cm³/mol. The van der Waals surface area contributed by atoms with Crippen molar-refractivity contribution in [1.29, 1.82) is 0 Å². The molecule has 3 aromatic rings. The van der Waals surface area contributed by atoms with Gasteiger partial charge in [-0.15, -0.1) is 0 Å². The highest BCUT2D eigenvalue weighted by molar-refractivity contribution is 5.83. The summed E-state index contributed by atoms with van der Waals surface area (Å²) in [7, 11) is 0. The monoisotopic (exact) mass is 430 g/mol. The summed E-state index contributed by atoms with van der Waals surface area (Å²) in [6.07, 6.45) is 2.04. The number of rotatable bonds is 4. The molecule has 3 aromatic carbocycles. The predicted octanol–water partition coefficient (Wildman–Crippen LogP) is 8.04.